The summed E-state index contributed by atoms with van der Waals surface area (Å²) in [6, 6.07) is 0. The lowest BCUT2D eigenvalue weighted by Crippen LogP contribution is -2.41. The fourth-order valence-corrected chi connectivity index (χ4v) is 2.80. The Morgan fingerprint density at radius 2 is 1.68 bits per heavy atom. The van der Waals surface area contributed by atoms with Crippen LogP contribution in [0.5, 0.6) is 0 Å². The molecule has 0 fully saturated rings. The van der Waals surface area contributed by atoms with Gasteiger partial charge in [-0.05, 0) is 43.3 Å². The number of hydrogen-bond acceptors (Lipinski definition) is 2. The molecular formula is C16H34O2Si. The molecule has 0 aliphatic carbocycles. The lowest BCUT2D eigenvalue weighted by molar-refractivity contribution is -0.111. The summed E-state index contributed by atoms with van der Waals surface area (Å²) in [5.41, 5.74) is 0. The normalized spacial score (nSPS) is 14.7. The van der Waals surface area contributed by atoms with Crippen LogP contribution >= 0.6 is 0 Å². The fraction of sp³-hybridized carbons (Fsp3) is 0.938. The Labute approximate surface area is 121 Å². The van der Waals surface area contributed by atoms with E-state index >= 15 is 0 Å². The summed E-state index contributed by atoms with van der Waals surface area (Å²) < 4.78 is 6.14. The predicted octanol–water partition coefficient (Wildman–Crippen LogP) is 5.04. The molecule has 2 nitrogen and oxygen atoms in total. The highest BCUT2D eigenvalue weighted by atomic mass is 28.4. The van der Waals surface area contributed by atoms with Gasteiger partial charge >= 0.3 is 0 Å². The molecule has 0 N–H and O–H groups in total. The van der Waals surface area contributed by atoms with Gasteiger partial charge in [0.2, 0.25) is 0 Å². The van der Waals surface area contributed by atoms with Crippen molar-refractivity contribution in [2.75, 3.05) is 6.61 Å². The van der Waals surface area contributed by atoms with E-state index in [0.717, 1.165) is 38.6 Å². The van der Waals surface area contributed by atoms with Gasteiger partial charge in [-0.1, -0.05) is 41.0 Å². The van der Waals surface area contributed by atoms with Crippen molar-refractivity contribution in [1.82, 2.24) is 0 Å². The van der Waals surface area contributed by atoms with Crippen LogP contribution in [0.25, 0.3) is 0 Å². The molecule has 0 aromatic heterocycles. The summed E-state index contributed by atoms with van der Waals surface area (Å²) in [6.07, 6.45) is 5.29. The van der Waals surface area contributed by atoms with Crippen LogP contribution in [0.3, 0.4) is 0 Å². The second kappa shape index (κ2) is 8.20. The van der Waals surface area contributed by atoms with E-state index in [9.17, 15) is 4.79 Å². The second-order valence-corrected chi connectivity index (χ2v) is 12.4. The quantitative estimate of drug-likeness (QED) is 0.337. The average Bonchev–Trinajstić information content (AvgIpc) is 2.26. The van der Waals surface area contributed by atoms with Crippen LogP contribution in [0, 0.1) is 11.8 Å². The van der Waals surface area contributed by atoms with E-state index in [2.05, 4.69) is 47.7 Å². The molecule has 0 bridgehead atoms. The van der Waals surface area contributed by atoms with Gasteiger partial charge in [-0.15, -0.1) is 0 Å². The lowest BCUT2D eigenvalue weighted by Gasteiger charge is -2.36. The first-order valence-corrected chi connectivity index (χ1v) is 10.6. The molecule has 3 heteroatoms. The van der Waals surface area contributed by atoms with Crippen molar-refractivity contribution >= 4 is 14.6 Å². The summed E-state index contributed by atoms with van der Waals surface area (Å²) in [6.45, 7) is 16.6. The third-order valence-corrected chi connectivity index (χ3v) is 8.83. The Morgan fingerprint density at radius 3 is 2.11 bits per heavy atom. The zero-order valence-corrected chi connectivity index (χ0v) is 15.1. The SMILES string of the molecule is CC(C)CCC(C=O)CCCO[Si](C)(C)C(C)(C)C. The van der Waals surface area contributed by atoms with E-state index < -0.39 is 8.32 Å². The molecule has 0 heterocycles. The third-order valence-electron chi connectivity index (χ3n) is 4.30. The van der Waals surface area contributed by atoms with E-state index in [1.54, 1.807) is 0 Å². The molecule has 0 aromatic rings. The minimum absolute atomic E-state index is 0.227. The van der Waals surface area contributed by atoms with Gasteiger partial charge in [0.05, 0.1) is 0 Å². The Kier molecular flexibility index (Phi) is 8.14. The fourth-order valence-electron chi connectivity index (χ4n) is 1.72. The van der Waals surface area contributed by atoms with Crippen LogP contribution in [-0.2, 0) is 9.22 Å². The van der Waals surface area contributed by atoms with Crippen LogP contribution in [0.2, 0.25) is 18.1 Å². The Hall–Kier alpha value is -0.153. The molecule has 1 unspecified atom stereocenters. The second-order valence-electron chi connectivity index (χ2n) is 7.62. The van der Waals surface area contributed by atoms with Crippen molar-refractivity contribution in [2.24, 2.45) is 11.8 Å². The zero-order valence-electron chi connectivity index (χ0n) is 14.1. The monoisotopic (exact) mass is 286 g/mol. The molecule has 1 atom stereocenters. The molecule has 0 aromatic carbocycles. The van der Waals surface area contributed by atoms with Crippen LogP contribution in [0.4, 0.5) is 0 Å². The minimum Gasteiger partial charge on any atom is -0.417 e. The van der Waals surface area contributed by atoms with Crippen LogP contribution in [-0.4, -0.2) is 21.2 Å². The van der Waals surface area contributed by atoms with Gasteiger partial charge in [0.25, 0.3) is 0 Å². The smallest absolute Gasteiger partial charge is 0.191 e. The Balaban J connectivity index is 3.92. The van der Waals surface area contributed by atoms with Gasteiger partial charge in [-0.3, -0.25) is 0 Å². The zero-order chi connectivity index (χ0) is 15.1. The van der Waals surface area contributed by atoms with Crippen molar-refractivity contribution in [3.8, 4) is 0 Å². The van der Waals surface area contributed by atoms with Crippen molar-refractivity contribution in [3.05, 3.63) is 0 Å². The van der Waals surface area contributed by atoms with Crippen LogP contribution in [0.15, 0.2) is 0 Å². The van der Waals surface area contributed by atoms with E-state index in [1.165, 1.54) is 0 Å². The minimum atomic E-state index is -1.61. The predicted molar refractivity (Wildman–Crippen MR) is 86.0 cm³/mol. The summed E-state index contributed by atoms with van der Waals surface area (Å²) in [5.74, 6) is 0.913. The average molecular weight is 287 g/mol. The molecule has 0 saturated carbocycles. The van der Waals surface area contributed by atoms with Gasteiger partial charge in [0.15, 0.2) is 8.32 Å². The summed E-state index contributed by atoms with van der Waals surface area (Å²) >= 11 is 0. The number of hydrogen-bond donors (Lipinski definition) is 0. The van der Waals surface area contributed by atoms with Crippen LogP contribution < -0.4 is 0 Å². The standard InChI is InChI=1S/C16H34O2Si/c1-14(2)10-11-15(13-17)9-8-12-18-19(6,7)16(3,4)5/h13-15H,8-12H2,1-7H3. The number of carbonyl (C=O) groups excluding carboxylic acids is 1. The lowest BCUT2D eigenvalue weighted by atomic mass is 9.95. The molecule has 0 saturated heterocycles. The van der Waals surface area contributed by atoms with Gasteiger partial charge in [-0.2, -0.15) is 0 Å². The number of carbonyl (C=O) groups is 1. The molecule has 0 spiro atoms. The molecule has 114 valence electrons. The molecule has 0 amide bonds. The van der Waals surface area contributed by atoms with E-state index in [4.69, 9.17) is 4.43 Å². The van der Waals surface area contributed by atoms with Gasteiger partial charge in [0, 0.05) is 12.5 Å². The van der Waals surface area contributed by atoms with Crippen molar-refractivity contribution in [1.29, 1.82) is 0 Å². The van der Waals surface area contributed by atoms with Gasteiger partial charge in [-0.25, -0.2) is 0 Å². The van der Waals surface area contributed by atoms with Crippen LogP contribution in [0.1, 0.15) is 60.3 Å². The topological polar surface area (TPSA) is 26.3 Å². The first-order valence-electron chi connectivity index (χ1n) is 7.69. The Morgan fingerprint density at radius 1 is 1.11 bits per heavy atom. The highest BCUT2D eigenvalue weighted by molar-refractivity contribution is 6.74. The summed E-state index contributed by atoms with van der Waals surface area (Å²) in [5, 5.41) is 0.273. The van der Waals surface area contributed by atoms with E-state index in [0.29, 0.717) is 5.92 Å². The molecule has 0 aliphatic heterocycles. The molecule has 0 rings (SSSR count). The number of rotatable bonds is 9. The van der Waals surface area contributed by atoms with E-state index in [-0.39, 0.29) is 11.0 Å². The first-order chi connectivity index (χ1) is 8.60. The summed E-state index contributed by atoms with van der Waals surface area (Å²) in [7, 11) is -1.61. The maximum atomic E-state index is 11.0. The third kappa shape index (κ3) is 7.88. The maximum Gasteiger partial charge on any atom is 0.191 e. The van der Waals surface area contributed by atoms with Gasteiger partial charge < -0.3 is 9.22 Å². The van der Waals surface area contributed by atoms with Crippen molar-refractivity contribution in [3.63, 3.8) is 0 Å². The molecular weight excluding hydrogens is 252 g/mol. The Bertz CT molecular complexity index is 254. The maximum absolute atomic E-state index is 11.0. The largest absolute Gasteiger partial charge is 0.417 e. The molecule has 0 aliphatic rings. The highest BCUT2D eigenvalue weighted by Crippen LogP contribution is 2.36. The molecule has 19 heavy (non-hydrogen) atoms. The van der Waals surface area contributed by atoms with Gasteiger partial charge in [0.1, 0.15) is 6.29 Å². The number of aldehydes is 1. The van der Waals surface area contributed by atoms with Crippen molar-refractivity contribution < 1.29 is 9.22 Å². The highest BCUT2D eigenvalue weighted by Gasteiger charge is 2.36. The first kappa shape index (κ1) is 18.8. The van der Waals surface area contributed by atoms with Crippen molar-refractivity contribution in [2.45, 2.75) is 78.4 Å². The summed E-state index contributed by atoms with van der Waals surface area (Å²) in [4.78, 5) is 11.0. The molecule has 0 radical (unpaired) electrons. The van der Waals surface area contributed by atoms with E-state index in [1.807, 2.05) is 0 Å².